The summed E-state index contributed by atoms with van der Waals surface area (Å²) in [5, 5.41) is 0. The summed E-state index contributed by atoms with van der Waals surface area (Å²) in [6.07, 6.45) is 1.06. The molecule has 0 aromatic heterocycles. The summed E-state index contributed by atoms with van der Waals surface area (Å²) in [5.74, 6) is 0.0888. The van der Waals surface area contributed by atoms with E-state index in [-0.39, 0.29) is 12.5 Å². The predicted octanol–water partition coefficient (Wildman–Crippen LogP) is 1.77. The molecule has 4 heteroatoms. The van der Waals surface area contributed by atoms with Gasteiger partial charge in [0, 0.05) is 5.92 Å². The molecule has 0 aliphatic carbocycles. The second-order valence-corrected chi connectivity index (χ2v) is 4.94. The second kappa shape index (κ2) is 4.57. The Labute approximate surface area is 84.8 Å². The molecule has 0 spiro atoms. The van der Waals surface area contributed by atoms with Crippen LogP contribution < -0.4 is 0 Å². The Hall–Kier alpha value is -0.870. The maximum Gasteiger partial charge on any atom is 0.264 e. The number of benzene rings is 1. The normalized spacial score (nSPS) is 13.9. The van der Waals surface area contributed by atoms with Crippen molar-refractivity contribution >= 4 is 10.1 Å². The maximum absolute atomic E-state index is 10.7. The predicted molar refractivity (Wildman–Crippen MR) is 55.7 cm³/mol. The highest BCUT2D eigenvalue weighted by atomic mass is 32.2. The van der Waals surface area contributed by atoms with E-state index in [0.29, 0.717) is 0 Å². The van der Waals surface area contributed by atoms with Gasteiger partial charge in [-0.05, 0) is 5.56 Å². The van der Waals surface area contributed by atoms with Crippen LogP contribution in [0.25, 0.3) is 0 Å². The van der Waals surface area contributed by atoms with Gasteiger partial charge in [-0.2, -0.15) is 8.42 Å². The lowest BCUT2D eigenvalue weighted by Crippen LogP contribution is -2.09. The van der Waals surface area contributed by atoms with Gasteiger partial charge in [-0.15, -0.1) is 0 Å². The van der Waals surface area contributed by atoms with Crippen LogP contribution in [0, 0.1) is 0 Å². The first-order valence-corrected chi connectivity index (χ1v) is 6.20. The first-order valence-electron chi connectivity index (χ1n) is 4.38. The van der Waals surface area contributed by atoms with Crippen LogP contribution in [0.4, 0.5) is 0 Å². The largest absolute Gasteiger partial charge is 0.270 e. The second-order valence-electron chi connectivity index (χ2n) is 3.30. The van der Waals surface area contributed by atoms with E-state index < -0.39 is 10.1 Å². The molecular weight excluding hydrogens is 200 g/mol. The Morgan fingerprint density at radius 1 is 1.29 bits per heavy atom. The Bertz CT molecular complexity index is 370. The van der Waals surface area contributed by atoms with Gasteiger partial charge in [-0.3, -0.25) is 4.18 Å². The lowest BCUT2D eigenvalue weighted by Gasteiger charge is -2.10. The number of hydrogen-bond acceptors (Lipinski definition) is 3. The molecule has 0 heterocycles. The van der Waals surface area contributed by atoms with E-state index in [4.69, 9.17) is 4.18 Å². The van der Waals surface area contributed by atoms with Crippen LogP contribution in [0.1, 0.15) is 18.4 Å². The first-order chi connectivity index (χ1) is 6.49. The zero-order valence-electron chi connectivity index (χ0n) is 8.30. The molecular formula is C10H14O3S. The Kier molecular flexibility index (Phi) is 3.66. The lowest BCUT2D eigenvalue weighted by atomic mass is 10.0. The van der Waals surface area contributed by atoms with Crippen molar-refractivity contribution < 1.29 is 12.6 Å². The van der Waals surface area contributed by atoms with Crippen molar-refractivity contribution in [3.8, 4) is 0 Å². The van der Waals surface area contributed by atoms with Crippen LogP contribution >= 0.6 is 0 Å². The standard InChI is InChI=1S/C10H14O3S/c1-9(8-13-14(2,11)12)10-6-4-3-5-7-10/h3-7,9H,8H2,1-2H3. The van der Waals surface area contributed by atoms with Crippen LogP contribution in [0.5, 0.6) is 0 Å². The van der Waals surface area contributed by atoms with E-state index in [9.17, 15) is 8.42 Å². The Balaban J connectivity index is 2.56. The third-order valence-electron chi connectivity index (χ3n) is 1.90. The molecule has 1 aromatic carbocycles. The van der Waals surface area contributed by atoms with Gasteiger partial charge in [0.1, 0.15) is 0 Å². The topological polar surface area (TPSA) is 43.4 Å². The van der Waals surface area contributed by atoms with Crippen molar-refractivity contribution in [3.63, 3.8) is 0 Å². The van der Waals surface area contributed by atoms with Gasteiger partial charge in [-0.25, -0.2) is 0 Å². The fourth-order valence-corrected chi connectivity index (χ4v) is 1.55. The van der Waals surface area contributed by atoms with Crippen LogP contribution in [0.15, 0.2) is 30.3 Å². The van der Waals surface area contributed by atoms with Gasteiger partial charge in [0.2, 0.25) is 0 Å². The molecule has 1 unspecified atom stereocenters. The molecule has 0 bridgehead atoms. The van der Waals surface area contributed by atoms with E-state index in [1.54, 1.807) is 0 Å². The monoisotopic (exact) mass is 214 g/mol. The van der Waals surface area contributed by atoms with Crippen molar-refractivity contribution in [2.45, 2.75) is 12.8 Å². The SMILES string of the molecule is CC(COS(C)(=O)=O)c1ccccc1. The first kappa shape index (κ1) is 11.2. The average molecular weight is 214 g/mol. The molecule has 0 aliphatic heterocycles. The summed E-state index contributed by atoms with van der Waals surface area (Å²) in [6.45, 7) is 2.13. The third kappa shape index (κ3) is 3.89. The summed E-state index contributed by atoms with van der Waals surface area (Å²) in [7, 11) is -3.33. The van der Waals surface area contributed by atoms with Gasteiger partial charge < -0.3 is 0 Å². The van der Waals surface area contributed by atoms with Gasteiger partial charge in [-0.1, -0.05) is 37.3 Å². The molecule has 0 N–H and O–H groups in total. The molecule has 0 saturated heterocycles. The van der Waals surface area contributed by atoms with Crippen molar-refractivity contribution in [3.05, 3.63) is 35.9 Å². The minimum absolute atomic E-state index is 0.0888. The van der Waals surface area contributed by atoms with Gasteiger partial charge in [0.25, 0.3) is 10.1 Å². The zero-order chi connectivity index (χ0) is 10.6. The van der Waals surface area contributed by atoms with Crippen LogP contribution in [-0.2, 0) is 14.3 Å². The van der Waals surface area contributed by atoms with Crippen LogP contribution in [-0.4, -0.2) is 21.3 Å². The highest BCUT2D eigenvalue weighted by Gasteiger charge is 2.08. The van der Waals surface area contributed by atoms with Crippen molar-refractivity contribution in [1.82, 2.24) is 0 Å². The van der Waals surface area contributed by atoms with Crippen molar-refractivity contribution in [1.29, 1.82) is 0 Å². The molecule has 1 aromatic rings. The van der Waals surface area contributed by atoms with E-state index in [0.717, 1.165) is 11.8 Å². The summed E-state index contributed by atoms with van der Waals surface area (Å²) in [5.41, 5.74) is 1.08. The molecule has 1 atom stereocenters. The van der Waals surface area contributed by atoms with E-state index in [2.05, 4.69) is 0 Å². The van der Waals surface area contributed by atoms with E-state index in [1.165, 1.54) is 0 Å². The highest BCUT2D eigenvalue weighted by Crippen LogP contribution is 2.15. The molecule has 0 fully saturated rings. The summed E-state index contributed by atoms with van der Waals surface area (Å²) < 4.78 is 26.2. The Morgan fingerprint density at radius 3 is 2.36 bits per heavy atom. The third-order valence-corrected chi connectivity index (χ3v) is 2.46. The number of rotatable bonds is 4. The summed E-state index contributed by atoms with van der Waals surface area (Å²) in [6, 6.07) is 9.68. The van der Waals surface area contributed by atoms with Crippen molar-refractivity contribution in [2.75, 3.05) is 12.9 Å². The number of hydrogen-bond donors (Lipinski definition) is 0. The summed E-state index contributed by atoms with van der Waals surface area (Å²) >= 11 is 0. The molecule has 0 amide bonds. The fraction of sp³-hybridized carbons (Fsp3) is 0.400. The zero-order valence-corrected chi connectivity index (χ0v) is 9.12. The smallest absolute Gasteiger partial charge is 0.264 e. The average Bonchev–Trinajstić information content (AvgIpc) is 2.14. The quantitative estimate of drug-likeness (QED) is 0.717. The van der Waals surface area contributed by atoms with Gasteiger partial charge >= 0.3 is 0 Å². The molecule has 3 nitrogen and oxygen atoms in total. The fourth-order valence-electron chi connectivity index (χ4n) is 1.10. The van der Waals surface area contributed by atoms with E-state index in [1.807, 2.05) is 37.3 Å². The molecule has 0 saturated carbocycles. The minimum Gasteiger partial charge on any atom is -0.270 e. The summed E-state index contributed by atoms with van der Waals surface area (Å²) in [4.78, 5) is 0. The molecule has 78 valence electrons. The van der Waals surface area contributed by atoms with Gasteiger partial charge in [0.05, 0.1) is 12.9 Å². The Morgan fingerprint density at radius 2 is 1.86 bits per heavy atom. The molecule has 14 heavy (non-hydrogen) atoms. The van der Waals surface area contributed by atoms with Crippen LogP contribution in [0.3, 0.4) is 0 Å². The maximum atomic E-state index is 10.7. The minimum atomic E-state index is -3.33. The van der Waals surface area contributed by atoms with Crippen LogP contribution in [0.2, 0.25) is 0 Å². The van der Waals surface area contributed by atoms with E-state index >= 15 is 0 Å². The molecule has 1 rings (SSSR count). The lowest BCUT2D eigenvalue weighted by molar-refractivity contribution is 0.301. The van der Waals surface area contributed by atoms with Crippen molar-refractivity contribution in [2.24, 2.45) is 0 Å². The molecule has 0 aliphatic rings. The molecule has 0 radical (unpaired) electrons. The van der Waals surface area contributed by atoms with Gasteiger partial charge in [0.15, 0.2) is 0 Å². The highest BCUT2D eigenvalue weighted by molar-refractivity contribution is 7.85.